The van der Waals surface area contributed by atoms with Crippen LogP contribution in [0.25, 0.3) is 10.6 Å². The molecule has 1 atom stereocenters. The summed E-state index contributed by atoms with van der Waals surface area (Å²) < 4.78 is 10.7. The topological polar surface area (TPSA) is 63.7 Å². The number of rotatable bonds is 9. The molecule has 2 aromatic carbocycles. The van der Waals surface area contributed by atoms with E-state index in [1.165, 1.54) is 22.5 Å². The van der Waals surface area contributed by atoms with Crippen molar-refractivity contribution in [3.63, 3.8) is 0 Å². The van der Waals surface area contributed by atoms with Gasteiger partial charge in [0.1, 0.15) is 5.01 Å². The van der Waals surface area contributed by atoms with E-state index >= 15 is 0 Å². The van der Waals surface area contributed by atoms with E-state index < -0.39 is 0 Å². The van der Waals surface area contributed by atoms with E-state index in [9.17, 15) is 4.79 Å². The molecule has 1 amide bonds. The van der Waals surface area contributed by atoms with Crippen molar-refractivity contribution in [2.75, 3.05) is 27.3 Å². The predicted octanol–water partition coefficient (Wildman–Crippen LogP) is 4.32. The summed E-state index contributed by atoms with van der Waals surface area (Å²) in [6.45, 7) is 4.83. The molecule has 0 saturated heterocycles. The highest BCUT2D eigenvalue weighted by Crippen LogP contribution is 2.33. The first-order chi connectivity index (χ1) is 16.1. The van der Waals surface area contributed by atoms with E-state index in [4.69, 9.17) is 9.47 Å². The average molecular weight is 466 g/mol. The maximum Gasteiger partial charge on any atom is 0.226 e. The molecule has 0 spiro atoms. The van der Waals surface area contributed by atoms with Gasteiger partial charge in [-0.05, 0) is 42.2 Å². The fourth-order valence-electron chi connectivity index (χ4n) is 4.31. The van der Waals surface area contributed by atoms with E-state index in [0.717, 1.165) is 42.2 Å². The molecule has 7 heteroatoms. The molecule has 1 unspecified atom stereocenters. The normalized spacial score (nSPS) is 14.4. The minimum atomic E-state index is 0.00928. The summed E-state index contributed by atoms with van der Waals surface area (Å²) in [4.78, 5) is 19.8. The Morgan fingerprint density at radius 1 is 1.15 bits per heavy atom. The second kappa shape index (κ2) is 10.8. The number of fused-ring (bicyclic) bond motifs is 1. The number of hydrogen-bond donors (Lipinski definition) is 1. The molecular formula is C26H31N3O3S. The van der Waals surface area contributed by atoms with Gasteiger partial charge in [-0.3, -0.25) is 9.69 Å². The van der Waals surface area contributed by atoms with Gasteiger partial charge in [-0.2, -0.15) is 0 Å². The van der Waals surface area contributed by atoms with Crippen molar-refractivity contribution < 1.29 is 14.3 Å². The van der Waals surface area contributed by atoms with Gasteiger partial charge in [-0.25, -0.2) is 4.98 Å². The molecule has 1 N–H and O–H groups in total. The van der Waals surface area contributed by atoms with Gasteiger partial charge in [0.15, 0.2) is 11.5 Å². The van der Waals surface area contributed by atoms with Crippen molar-refractivity contribution in [3.8, 4) is 22.1 Å². The zero-order valence-electron chi connectivity index (χ0n) is 19.5. The maximum absolute atomic E-state index is 12.6. The van der Waals surface area contributed by atoms with E-state index in [0.29, 0.717) is 24.1 Å². The number of nitrogens with zero attached hydrogens (tertiary/aromatic N) is 2. The molecule has 2 heterocycles. The van der Waals surface area contributed by atoms with Crippen molar-refractivity contribution in [1.29, 1.82) is 0 Å². The van der Waals surface area contributed by atoms with Crippen molar-refractivity contribution in [1.82, 2.24) is 15.2 Å². The molecule has 0 bridgehead atoms. The molecule has 6 nitrogen and oxygen atoms in total. The number of benzene rings is 2. The number of hydrogen-bond acceptors (Lipinski definition) is 6. The smallest absolute Gasteiger partial charge is 0.226 e. The number of aromatic nitrogens is 1. The Hall–Kier alpha value is -2.90. The number of carbonyl (C=O) groups is 1. The van der Waals surface area contributed by atoms with E-state index in [1.807, 2.05) is 23.6 Å². The van der Waals surface area contributed by atoms with Gasteiger partial charge in [-0.1, -0.05) is 31.2 Å². The highest BCUT2D eigenvalue weighted by Gasteiger charge is 2.22. The SMILES string of the molecule is CCC(CNC(=O)Cc1csc(-c2ccc(OC)c(OC)c2)n1)N1CCc2ccccc2C1. The van der Waals surface area contributed by atoms with E-state index in [1.54, 1.807) is 14.2 Å². The molecule has 0 aliphatic carbocycles. The standard InChI is InChI=1S/C26H31N3O3S/c1-4-22(29-12-11-18-7-5-6-8-20(18)16-29)15-27-25(30)14-21-17-33-26(28-21)19-9-10-23(31-2)24(13-19)32-3/h5-10,13,17,22H,4,11-12,14-16H2,1-3H3,(H,27,30). The lowest BCUT2D eigenvalue weighted by Crippen LogP contribution is -2.46. The Balaban J connectivity index is 1.32. The maximum atomic E-state index is 12.6. The third-order valence-corrected chi connectivity index (χ3v) is 7.15. The largest absolute Gasteiger partial charge is 0.493 e. The van der Waals surface area contributed by atoms with Crippen LogP contribution in [-0.4, -0.2) is 49.1 Å². The van der Waals surface area contributed by atoms with Crippen LogP contribution < -0.4 is 14.8 Å². The molecule has 1 aromatic heterocycles. The van der Waals surface area contributed by atoms with Crippen molar-refractivity contribution in [2.24, 2.45) is 0 Å². The monoisotopic (exact) mass is 465 g/mol. The molecule has 1 aliphatic rings. The lowest BCUT2D eigenvalue weighted by molar-refractivity contribution is -0.120. The minimum absolute atomic E-state index is 0.00928. The summed E-state index contributed by atoms with van der Waals surface area (Å²) in [7, 11) is 3.23. The number of carbonyl (C=O) groups excluding carboxylic acids is 1. The molecule has 3 aromatic rings. The minimum Gasteiger partial charge on any atom is -0.493 e. The lowest BCUT2D eigenvalue weighted by Gasteiger charge is -2.35. The van der Waals surface area contributed by atoms with Gasteiger partial charge in [0.25, 0.3) is 0 Å². The Morgan fingerprint density at radius 2 is 1.94 bits per heavy atom. The van der Waals surface area contributed by atoms with E-state index in [2.05, 4.69) is 46.4 Å². The number of ether oxygens (including phenoxy) is 2. The average Bonchev–Trinajstić information content (AvgIpc) is 3.32. The number of amides is 1. The molecule has 1 aliphatic heterocycles. The predicted molar refractivity (Wildman–Crippen MR) is 132 cm³/mol. The van der Waals surface area contributed by atoms with Gasteiger partial charge in [0.2, 0.25) is 5.91 Å². The number of nitrogens with one attached hydrogen (secondary N) is 1. The van der Waals surface area contributed by atoms with Crippen LogP contribution in [0.2, 0.25) is 0 Å². The third kappa shape index (κ3) is 5.54. The number of thiazole rings is 1. The highest BCUT2D eigenvalue weighted by molar-refractivity contribution is 7.13. The van der Waals surface area contributed by atoms with Crippen LogP contribution in [0.4, 0.5) is 0 Å². The summed E-state index contributed by atoms with van der Waals surface area (Å²) >= 11 is 1.53. The zero-order chi connectivity index (χ0) is 23.2. The fraction of sp³-hybridized carbons (Fsp3) is 0.385. The summed E-state index contributed by atoms with van der Waals surface area (Å²) in [6.07, 6.45) is 2.35. The van der Waals surface area contributed by atoms with Crippen molar-refractivity contribution >= 4 is 17.2 Å². The quantitative estimate of drug-likeness (QED) is 0.510. The van der Waals surface area contributed by atoms with Crippen LogP contribution >= 0.6 is 11.3 Å². The molecule has 0 radical (unpaired) electrons. The Morgan fingerprint density at radius 3 is 2.70 bits per heavy atom. The molecule has 33 heavy (non-hydrogen) atoms. The van der Waals surface area contributed by atoms with Gasteiger partial charge < -0.3 is 14.8 Å². The summed E-state index contributed by atoms with van der Waals surface area (Å²) in [5.74, 6) is 1.35. The first-order valence-electron chi connectivity index (χ1n) is 11.4. The van der Waals surface area contributed by atoms with Crippen LogP contribution in [0.15, 0.2) is 47.8 Å². The van der Waals surface area contributed by atoms with E-state index in [-0.39, 0.29) is 12.3 Å². The Labute approximate surface area is 199 Å². The highest BCUT2D eigenvalue weighted by atomic mass is 32.1. The zero-order valence-corrected chi connectivity index (χ0v) is 20.3. The fourth-order valence-corrected chi connectivity index (χ4v) is 5.13. The second-order valence-corrected chi connectivity index (χ2v) is 9.10. The van der Waals surface area contributed by atoms with Gasteiger partial charge in [0, 0.05) is 36.6 Å². The lowest BCUT2D eigenvalue weighted by atomic mass is 9.98. The van der Waals surface area contributed by atoms with Crippen LogP contribution in [0.5, 0.6) is 11.5 Å². The van der Waals surface area contributed by atoms with Crippen LogP contribution in [0.3, 0.4) is 0 Å². The summed E-state index contributed by atoms with van der Waals surface area (Å²) in [5, 5.41) is 5.94. The summed E-state index contributed by atoms with van der Waals surface area (Å²) in [5.41, 5.74) is 4.57. The molecular weight excluding hydrogens is 434 g/mol. The van der Waals surface area contributed by atoms with Crippen molar-refractivity contribution in [3.05, 3.63) is 64.7 Å². The Kier molecular flexibility index (Phi) is 7.62. The van der Waals surface area contributed by atoms with Gasteiger partial charge in [-0.15, -0.1) is 11.3 Å². The molecule has 174 valence electrons. The first-order valence-corrected chi connectivity index (χ1v) is 12.2. The van der Waals surface area contributed by atoms with Gasteiger partial charge in [0.05, 0.1) is 26.3 Å². The molecule has 0 saturated carbocycles. The first kappa shape index (κ1) is 23.3. The number of methoxy groups -OCH3 is 2. The Bertz CT molecular complexity index is 1100. The molecule has 0 fully saturated rings. The van der Waals surface area contributed by atoms with Gasteiger partial charge >= 0.3 is 0 Å². The van der Waals surface area contributed by atoms with Crippen LogP contribution in [0.1, 0.15) is 30.2 Å². The summed E-state index contributed by atoms with van der Waals surface area (Å²) in [6, 6.07) is 14.7. The van der Waals surface area contributed by atoms with Crippen LogP contribution in [-0.2, 0) is 24.2 Å². The van der Waals surface area contributed by atoms with Crippen LogP contribution in [0, 0.1) is 0 Å². The third-order valence-electron chi connectivity index (χ3n) is 6.21. The molecule has 4 rings (SSSR count). The van der Waals surface area contributed by atoms with Crippen molar-refractivity contribution in [2.45, 2.75) is 38.8 Å². The second-order valence-electron chi connectivity index (χ2n) is 8.25.